The molecule has 5 heteroatoms. The normalized spacial score (nSPS) is 26.7. The topological polar surface area (TPSA) is 61.5 Å². The van der Waals surface area contributed by atoms with Crippen LogP contribution in [0.5, 0.6) is 0 Å². The molecule has 0 aromatic rings. The third-order valence-corrected chi connectivity index (χ3v) is 5.25. The van der Waals surface area contributed by atoms with Gasteiger partial charge in [-0.25, -0.2) is 0 Å². The van der Waals surface area contributed by atoms with Gasteiger partial charge in [-0.1, -0.05) is 12.8 Å². The molecule has 0 aromatic heterocycles. The molecule has 2 unspecified atom stereocenters. The molecule has 2 N–H and O–H groups in total. The van der Waals surface area contributed by atoms with E-state index in [1.165, 1.54) is 32.1 Å². The summed E-state index contributed by atoms with van der Waals surface area (Å²) in [7, 11) is 0. The second-order valence-electron chi connectivity index (χ2n) is 5.56. The van der Waals surface area contributed by atoms with Crippen molar-refractivity contribution in [1.82, 2.24) is 0 Å². The first-order chi connectivity index (χ1) is 9.15. The van der Waals surface area contributed by atoms with Crippen molar-refractivity contribution in [3.05, 3.63) is 0 Å². The van der Waals surface area contributed by atoms with Gasteiger partial charge in [0, 0.05) is 11.5 Å². The summed E-state index contributed by atoms with van der Waals surface area (Å²) in [5.74, 6) is 1.26. The van der Waals surface area contributed by atoms with E-state index in [-0.39, 0.29) is 11.6 Å². The molecule has 1 spiro atoms. The molecule has 0 aromatic carbocycles. The summed E-state index contributed by atoms with van der Waals surface area (Å²) >= 11 is 1.70. The Hall–Kier alpha value is -0.260. The van der Waals surface area contributed by atoms with E-state index < -0.39 is 6.04 Å². The molecule has 19 heavy (non-hydrogen) atoms. The standard InChI is InChI=1S/C14H25NO3S/c1-2-17-13(16)12(15)10-19-9-11-5-8-14(18-11)6-3-4-7-14/h11-12H,2-10,15H2,1H3. The van der Waals surface area contributed by atoms with Crippen LogP contribution in [0, 0.1) is 0 Å². The number of thioether (sulfide) groups is 1. The number of esters is 1. The lowest BCUT2D eigenvalue weighted by molar-refractivity contribution is -0.144. The van der Waals surface area contributed by atoms with Gasteiger partial charge in [0.1, 0.15) is 6.04 Å². The van der Waals surface area contributed by atoms with E-state index in [1.807, 2.05) is 0 Å². The average molecular weight is 287 g/mol. The zero-order chi connectivity index (χ0) is 13.7. The number of carbonyl (C=O) groups excluding carboxylic acids is 1. The molecule has 1 aliphatic carbocycles. The second-order valence-corrected chi connectivity index (χ2v) is 6.64. The van der Waals surface area contributed by atoms with Crippen LogP contribution in [0.2, 0.25) is 0 Å². The summed E-state index contributed by atoms with van der Waals surface area (Å²) < 4.78 is 11.1. The molecule has 1 saturated carbocycles. The molecule has 1 saturated heterocycles. The first-order valence-electron chi connectivity index (χ1n) is 7.33. The zero-order valence-corrected chi connectivity index (χ0v) is 12.5. The molecule has 0 radical (unpaired) electrons. The molecule has 0 amide bonds. The summed E-state index contributed by atoms with van der Waals surface area (Å²) in [6, 6.07) is -0.508. The number of hydrogen-bond donors (Lipinski definition) is 1. The maximum Gasteiger partial charge on any atom is 0.323 e. The van der Waals surface area contributed by atoms with Crippen LogP contribution in [0.3, 0.4) is 0 Å². The number of rotatable bonds is 6. The lowest BCUT2D eigenvalue weighted by atomic mass is 9.98. The Morgan fingerprint density at radius 1 is 1.47 bits per heavy atom. The minimum absolute atomic E-state index is 0.203. The fraction of sp³-hybridized carbons (Fsp3) is 0.929. The van der Waals surface area contributed by atoms with Crippen LogP contribution < -0.4 is 5.73 Å². The van der Waals surface area contributed by atoms with Gasteiger partial charge in [-0.05, 0) is 32.6 Å². The largest absolute Gasteiger partial charge is 0.465 e. The molecule has 1 heterocycles. The van der Waals surface area contributed by atoms with Gasteiger partial charge >= 0.3 is 5.97 Å². The van der Waals surface area contributed by atoms with Crippen molar-refractivity contribution < 1.29 is 14.3 Å². The Kier molecular flexibility index (Phi) is 5.54. The third kappa shape index (κ3) is 4.10. The van der Waals surface area contributed by atoms with E-state index in [0.717, 1.165) is 12.2 Å². The molecule has 0 bridgehead atoms. The maximum atomic E-state index is 11.4. The van der Waals surface area contributed by atoms with Gasteiger partial charge in [0.2, 0.25) is 0 Å². The van der Waals surface area contributed by atoms with Crippen LogP contribution in [-0.4, -0.2) is 41.8 Å². The predicted octanol–water partition coefficient (Wildman–Crippen LogP) is 2.10. The van der Waals surface area contributed by atoms with Crippen LogP contribution in [-0.2, 0) is 14.3 Å². The van der Waals surface area contributed by atoms with Crippen molar-refractivity contribution >= 4 is 17.7 Å². The van der Waals surface area contributed by atoms with Gasteiger partial charge in [-0.3, -0.25) is 4.79 Å². The fourth-order valence-electron chi connectivity index (χ4n) is 3.04. The van der Waals surface area contributed by atoms with Gasteiger partial charge in [0.05, 0.1) is 18.3 Å². The van der Waals surface area contributed by atoms with Crippen molar-refractivity contribution in [3.8, 4) is 0 Å². The van der Waals surface area contributed by atoms with Crippen LogP contribution in [0.1, 0.15) is 45.4 Å². The minimum atomic E-state index is -0.508. The van der Waals surface area contributed by atoms with E-state index in [2.05, 4.69) is 0 Å². The molecule has 2 rings (SSSR count). The number of carbonyl (C=O) groups is 1. The number of ether oxygens (including phenoxy) is 2. The highest BCUT2D eigenvalue weighted by Crippen LogP contribution is 2.43. The van der Waals surface area contributed by atoms with E-state index in [1.54, 1.807) is 18.7 Å². The summed E-state index contributed by atoms with van der Waals surface area (Å²) in [6.45, 7) is 2.19. The Labute approximate surface area is 119 Å². The average Bonchev–Trinajstić information content (AvgIpc) is 3.01. The summed E-state index contributed by atoms with van der Waals surface area (Å²) in [4.78, 5) is 11.4. The van der Waals surface area contributed by atoms with Gasteiger partial charge in [-0.15, -0.1) is 0 Å². The quantitative estimate of drug-likeness (QED) is 0.758. The van der Waals surface area contributed by atoms with E-state index in [4.69, 9.17) is 15.2 Å². The smallest absolute Gasteiger partial charge is 0.323 e. The van der Waals surface area contributed by atoms with Crippen molar-refractivity contribution in [3.63, 3.8) is 0 Å². The number of nitrogens with two attached hydrogens (primary N) is 1. The Bertz CT molecular complexity index is 305. The van der Waals surface area contributed by atoms with Crippen LogP contribution in [0.4, 0.5) is 0 Å². The SMILES string of the molecule is CCOC(=O)C(N)CSCC1CCC2(CCCC2)O1. The summed E-state index contributed by atoms with van der Waals surface area (Å²) in [5, 5.41) is 0. The minimum Gasteiger partial charge on any atom is -0.465 e. The van der Waals surface area contributed by atoms with Crippen molar-refractivity contribution in [2.45, 2.75) is 63.2 Å². The molecule has 2 aliphatic rings. The van der Waals surface area contributed by atoms with Crippen molar-refractivity contribution in [1.29, 1.82) is 0 Å². The molecular weight excluding hydrogens is 262 g/mol. The van der Waals surface area contributed by atoms with E-state index in [9.17, 15) is 4.79 Å². The molecular formula is C14H25NO3S. The van der Waals surface area contributed by atoms with E-state index in [0.29, 0.717) is 18.5 Å². The highest BCUT2D eigenvalue weighted by Gasteiger charge is 2.41. The first kappa shape index (κ1) is 15.1. The lowest BCUT2D eigenvalue weighted by Crippen LogP contribution is -2.35. The zero-order valence-electron chi connectivity index (χ0n) is 11.7. The van der Waals surface area contributed by atoms with Gasteiger partial charge in [-0.2, -0.15) is 11.8 Å². The van der Waals surface area contributed by atoms with Crippen LogP contribution in [0.25, 0.3) is 0 Å². The van der Waals surface area contributed by atoms with Crippen molar-refractivity contribution in [2.24, 2.45) is 5.73 Å². The Balaban J connectivity index is 1.63. The summed E-state index contributed by atoms with van der Waals surface area (Å²) in [6.07, 6.45) is 7.80. The molecule has 1 aliphatic heterocycles. The van der Waals surface area contributed by atoms with Crippen LogP contribution in [0.15, 0.2) is 0 Å². The molecule has 4 nitrogen and oxygen atoms in total. The predicted molar refractivity (Wildman–Crippen MR) is 77.2 cm³/mol. The van der Waals surface area contributed by atoms with Crippen molar-refractivity contribution in [2.75, 3.05) is 18.1 Å². The second kappa shape index (κ2) is 6.95. The molecule has 110 valence electrons. The molecule has 2 fully saturated rings. The van der Waals surface area contributed by atoms with E-state index >= 15 is 0 Å². The first-order valence-corrected chi connectivity index (χ1v) is 8.48. The van der Waals surface area contributed by atoms with Crippen LogP contribution >= 0.6 is 11.8 Å². The maximum absolute atomic E-state index is 11.4. The lowest BCUT2D eigenvalue weighted by Gasteiger charge is -2.23. The van der Waals surface area contributed by atoms with Gasteiger partial charge in [0.25, 0.3) is 0 Å². The summed E-state index contributed by atoms with van der Waals surface area (Å²) in [5.41, 5.74) is 5.97. The highest BCUT2D eigenvalue weighted by atomic mass is 32.2. The number of hydrogen-bond acceptors (Lipinski definition) is 5. The fourth-order valence-corrected chi connectivity index (χ4v) is 4.07. The third-order valence-electron chi connectivity index (χ3n) is 4.04. The van der Waals surface area contributed by atoms with Gasteiger partial charge in [0.15, 0.2) is 0 Å². The Morgan fingerprint density at radius 3 is 2.89 bits per heavy atom. The Morgan fingerprint density at radius 2 is 2.21 bits per heavy atom. The van der Waals surface area contributed by atoms with Gasteiger partial charge < -0.3 is 15.2 Å². The highest BCUT2D eigenvalue weighted by molar-refractivity contribution is 7.99. The molecule has 2 atom stereocenters. The monoisotopic (exact) mass is 287 g/mol.